The van der Waals surface area contributed by atoms with Gasteiger partial charge in [-0.15, -0.1) is 0 Å². The zero-order valence-corrected chi connectivity index (χ0v) is 15.3. The maximum Gasteiger partial charge on any atom is 0.260 e. The Labute approximate surface area is 149 Å². The SMILES string of the molecule is CS(=O)(=O)N(CC(=O)N/N=C/c1ccccc1)c1ccccc1Br. The van der Waals surface area contributed by atoms with Crippen molar-refractivity contribution in [2.24, 2.45) is 5.10 Å². The maximum absolute atomic E-state index is 12.0. The van der Waals surface area contributed by atoms with Crippen LogP contribution in [0, 0.1) is 0 Å². The second-order valence-electron chi connectivity index (χ2n) is 4.92. The maximum atomic E-state index is 12.0. The molecule has 126 valence electrons. The molecule has 0 unspecified atom stereocenters. The van der Waals surface area contributed by atoms with E-state index in [2.05, 4.69) is 26.5 Å². The molecular weight excluding hydrogens is 394 g/mol. The number of benzene rings is 2. The predicted octanol–water partition coefficient (Wildman–Crippen LogP) is 2.37. The van der Waals surface area contributed by atoms with Gasteiger partial charge < -0.3 is 0 Å². The Hall–Kier alpha value is -2.19. The number of carbonyl (C=O) groups excluding carboxylic acids is 1. The first-order valence-corrected chi connectivity index (χ1v) is 9.61. The third-order valence-corrected chi connectivity index (χ3v) is 4.81. The molecule has 0 aliphatic rings. The largest absolute Gasteiger partial charge is 0.271 e. The third-order valence-electron chi connectivity index (χ3n) is 3.01. The number of amides is 1. The second-order valence-corrected chi connectivity index (χ2v) is 7.69. The fourth-order valence-electron chi connectivity index (χ4n) is 1.92. The summed E-state index contributed by atoms with van der Waals surface area (Å²) in [5.41, 5.74) is 3.55. The number of para-hydroxylation sites is 1. The van der Waals surface area contributed by atoms with Crippen molar-refractivity contribution in [3.8, 4) is 0 Å². The summed E-state index contributed by atoms with van der Waals surface area (Å²) >= 11 is 3.30. The zero-order chi connectivity index (χ0) is 17.6. The van der Waals surface area contributed by atoms with Gasteiger partial charge in [0.25, 0.3) is 5.91 Å². The summed E-state index contributed by atoms with van der Waals surface area (Å²) in [6.45, 7) is -0.367. The molecule has 0 heterocycles. The van der Waals surface area contributed by atoms with Crippen LogP contribution in [0.4, 0.5) is 5.69 Å². The van der Waals surface area contributed by atoms with E-state index < -0.39 is 15.9 Å². The van der Waals surface area contributed by atoms with Crippen molar-refractivity contribution in [3.63, 3.8) is 0 Å². The van der Waals surface area contributed by atoms with Crippen LogP contribution >= 0.6 is 15.9 Å². The van der Waals surface area contributed by atoms with E-state index in [0.29, 0.717) is 10.2 Å². The Balaban J connectivity index is 2.09. The highest BCUT2D eigenvalue weighted by molar-refractivity contribution is 9.10. The van der Waals surface area contributed by atoms with Crippen molar-refractivity contribution in [2.75, 3.05) is 17.1 Å². The van der Waals surface area contributed by atoms with Crippen LogP contribution in [0.3, 0.4) is 0 Å². The van der Waals surface area contributed by atoms with Gasteiger partial charge in [0.2, 0.25) is 10.0 Å². The molecule has 24 heavy (non-hydrogen) atoms. The van der Waals surface area contributed by atoms with Crippen LogP contribution in [-0.4, -0.2) is 33.3 Å². The van der Waals surface area contributed by atoms with Gasteiger partial charge in [-0.2, -0.15) is 5.10 Å². The number of hydrogen-bond acceptors (Lipinski definition) is 4. The molecule has 8 heteroatoms. The molecule has 0 aliphatic carbocycles. The number of anilines is 1. The fourth-order valence-corrected chi connectivity index (χ4v) is 3.40. The molecule has 1 amide bonds. The van der Waals surface area contributed by atoms with Gasteiger partial charge in [-0.25, -0.2) is 13.8 Å². The van der Waals surface area contributed by atoms with E-state index in [0.717, 1.165) is 16.1 Å². The molecule has 0 spiro atoms. The highest BCUT2D eigenvalue weighted by Gasteiger charge is 2.22. The number of hydrazone groups is 1. The van der Waals surface area contributed by atoms with Crippen molar-refractivity contribution in [2.45, 2.75) is 0 Å². The monoisotopic (exact) mass is 409 g/mol. The van der Waals surface area contributed by atoms with E-state index in [9.17, 15) is 13.2 Å². The Morgan fingerprint density at radius 1 is 1.17 bits per heavy atom. The van der Waals surface area contributed by atoms with Gasteiger partial charge in [0, 0.05) is 4.47 Å². The molecule has 0 atom stereocenters. The molecule has 0 radical (unpaired) electrons. The minimum atomic E-state index is -3.62. The highest BCUT2D eigenvalue weighted by atomic mass is 79.9. The minimum Gasteiger partial charge on any atom is -0.271 e. The second kappa shape index (κ2) is 8.07. The standard InChI is InChI=1S/C16H16BrN3O3S/c1-24(22,23)20(15-10-6-5-9-14(15)17)12-16(21)19-18-11-13-7-3-2-4-8-13/h2-11H,12H2,1H3,(H,19,21)/b18-11+. The molecule has 2 rings (SSSR count). The van der Waals surface area contributed by atoms with Gasteiger partial charge in [-0.1, -0.05) is 42.5 Å². The lowest BCUT2D eigenvalue weighted by atomic mass is 10.2. The lowest BCUT2D eigenvalue weighted by Gasteiger charge is -2.22. The van der Waals surface area contributed by atoms with Crippen LogP contribution in [-0.2, 0) is 14.8 Å². The van der Waals surface area contributed by atoms with Crippen LogP contribution in [0.15, 0.2) is 64.2 Å². The molecule has 6 nitrogen and oxygen atoms in total. The average Bonchev–Trinajstić information content (AvgIpc) is 2.53. The first kappa shape index (κ1) is 18.2. The molecule has 0 aliphatic heterocycles. The van der Waals surface area contributed by atoms with E-state index in [-0.39, 0.29) is 6.54 Å². The third kappa shape index (κ3) is 5.17. The van der Waals surface area contributed by atoms with E-state index >= 15 is 0 Å². The summed E-state index contributed by atoms with van der Waals surface area (Å²) in [6.07, 6.45) is 2.54. The summed E-state index contributed by atoms with van der Waals surface area (Å²) in [5.74, 6) is -0.539. The number of rotatable bonds is 6. The van der Waals surface area contributed by atoms with Crippen LogP contribution in [0.5, 0.6) is 0 Å². The van der Waals surface area contributed by atoms with Gasteiger partial charge in [0.1, 0.15) is 6.54 Å². The van der Waals surface area contributed by atoms with E-state index in [1.165, 1.54) is 6.21 Å². The van der Waals surface area contributed by atoms with Crippen molar-refractivity contribution < 1.29 is 13.2 Å². The van der Waals surface area contributed by atoms with Crippen molar-refractivity contribution in [1.29, 1.82) is 0 Å². The van der Waals surface area contributed by atoms with Gasteiger partial charge in [0.05, 0.1) is 18.2 Å². The topological polar surface area (TPSA) is 78.8 Å². The first-order chi connectivity index (χ1) is 11.4. The van der Waals surface area contributed by atoms with Gasteiger partial charge in [-0.3, -0.25) is 9.10 Å². The number of sulfonamides is 1. The summed E-state index contributed by atoms with van der Waals surface area (Å²) in [6, 6.07) is 16.0. The zero-order valence-electron chi connectivity index (χ0n) is 12.9. The molecule has 2 aromatic rings. The number of halogens is 1. The minimum absolute atomic E-state index is 0.367. The van der Waals surface area contributed by atoms with Crippen LogP contribution in [0.1, 0.15) is 5.56 Å². The van der Waals surface area contributed by atoms with Gasteiger partial charge >= 0.3 is 0 Å². The molecule has 0 saturated carbocycles. The molecular formula is C16H16BrN3O3S. The fraction of sp³-hybridized carbons (Fsp3) is 0.125. The smallest absolute Gasteiger partial charge is 0.260 e. The van der Waals surface area contributed by atoms with Crippen LogP contribution < -0.4 is 9.73 Å². The predicted molar refractivity (Wildman–Crippen MR) is 98.5 cm³/mol. The quantitative estimate of drug-likeness (QED) is 0.587. The number of nitrogens with zero attached hydrogens (tertiary/aromatic N) is 2. The first-order valence-electron chi connectivity index (χ1n) is 6.97. The lowest BCUT2D eigenvalue weighted by molar-refractivity contribution is -0.119. The summed E-state index contributed by atoms with van der Waals surface area (Å²) in [5, 5.41) is 3.83. The number of carbonyl (C=O) groups is 1. The average molecular weight is 410 g/mol. The van der Waals surface area contributed by atoms with Crippen LogP contribution in [0.2, 0.25) is 0 Å². The van der Waals surface area contributed by atoms with Crippen molar-refractivity contribution >= 4 is 43.8 Å². The van der Waals surface area contributed by atoms with Gasteiger partial charge in [-0.05, 0) is 33.6 Å². The number of hydrogen-bond donors (Lipinski definition) is 1. The normalized spacial score (nSPS) is 11.4. The van der Waals surface area contributed by atoms with E-state index in [1.54, 1.807) is 24.3 Å². The van der Waals surface area contributed by atoms with E-state index in [4.69, 9.17) is 0 Å². The number of nitrogens with one attached hydrogen (secondary N) is 1. The van der Waals surface area contributed by atoms with Crippen LogP contribution in [0.25, 0.3) is 0 Å². The Kier molecular flexibility index (Phi) is 6.10. The Morgan fingerprint density at radius 3 is 2.42 bits per heavy atom. The molecule has 2 aromatic carbocycles. The molecule has 1 N–H and O–H groups in total. The van der Waals surface area contributed by atoms with Crippen molar-refractivity contribution in [3.05, 3.63) is 64.6 Å². The van der Waals surface area contributed by atoms with Crippen molar-refractivity contribution in [1.82, 2.24) is 5.43 Å². The molecule has 0 aromatic heterocycles. The van der Waals surface area contributed by atoms with E-state index in [1.807, 2.05) is 30.3 Å². The summed E-state index contributed by atoms with van der Waals surface area (Å²) < 4.78 is 25.6. The Morgan fingerprint density at radius 2 is 1.79 bits per heavy atom. The van der Waals surface area contributed by atoms with Gasteiger partial charge in [0.15, 0.2) is 0 Å². The Bertz CT molecular complexity index is 839. The summed E-state index contributed by atoms with van der Waals surface area (Å²) in [7, 11) is -3.62. The molecule has 0 saturated heterocycles. The molecule has 0 bridgehead atoms. The molecule has 0 fully saturated rings. The highest BCUT2D eigenvalue weighted by Crippen LogP contribution is 2.27. The lowest BCUT2D eigenvalue weighted by Crippen LogP contribution is -2.39. The summed E-state index contributed by atoms with van der Waals surface area (Å²) in [4.78, 5) is 12.0.